The Bertz CT molecular complexity index is 659. The van der Waals surface area contributed by atoms with Gasteiger partial charge in [-0.15, -0.1) is 0 Å². The Morgan fingerprint density at radius 3 is 2.71 bits per heavy atom. The number of hydrogen-bond donors (Lipinski definition) is 1. The van der Waals surface area contributed by atoms with Gasteiger partial charge in [-0.1, -0.05) is 18.2 Å². The van der Waals surface area contributed by atoms with Crippen LogP contribution in [0.4, 0.5) is 10.5 Å². The lowest BCUT2D eigenvalue weighted by Gasteiger charge is -2.31. The Hall–Kier alpha value is -2.55. The maximum Gasteiger partial charge on any atom is 0.317 e. The molecule has 1 aromatic carbocycles. The number of carbonyl (C=O) groups is 2. The number of fused-ring (bicyclic) bond motifs is 1. The zero-order valence-corrected chi connectivity index (χ0v) is 13.7. The summed E-state index contributed by atoms with van der Waals surface area (Å²) in [4.78, 5) is 28.1. The molecular weight excluding hydrogens is 304 g/mol. The van der Waals surface area contributed by atoms with Gasteiger partial charge in [0, 0.05) is 31.2 Å². The SMILES string of the molecule is N#CC1CCN(C(=O)NCC(=O)N2CCCc3ccccc32)CC1. The van der Waals surface area contributed by atoms with Gasteiger partial charge < -0.3 is 15.1 Å². The monoisotopic (exact) mass is 326 g/mol. The molecule has 0 aliphatic carbocycles. The zero-order chi connectivity index (χ0) is 16.9. The van der Waals surface area contributed by atoms with E-state index in [0.29, 0.717) is 32.5 Å². The standard InChI is InChI=1S/C18H22N4O2/c19-12-14-7-10-21(11-8-14)18(24)20-13-17(23)22-9-3-5-15-4-1-2-6-16(15)22/h1-2,4,6,14H,3,5,7-11,13H2,(H,20,24). The lowest BCUT2D eigenvalue weighted by molar-refractivity contribution is -0.117. The number of benzene rings is 1. The van der Waals surface area contributed by atoms with Crippen molar-refractivity contribution in [2.45, 2.75) is 25.7 Å². The lowest BCUT2D eigenvalue weighted by Crippen LogP contribution is -2.48. The van der Waals surface area contributed by atoms with E-state index in [1.807, 2.05) is 24.3 Å². The molecule has 126 valence electrons. The summed E-state index contributed by atoms with van der Waals surface area (Å²) < 4.78 is 0. The summed E-state index contributed by atoms with van der Waals surface area (Å²) in [6, 6.07) is 9.96. The second kappa shape index (κ2) is 7.35. The Kier molecular flexibility index (Phi) is 4.99. The fraction of sp³-hybridized carbons (Fsp3) is 0.500. The minimum absolute atomic E-state index is 0.00530. The molecule has 6 heteroatoms. The molecule has 2 aliphatic heterocycles. The van der Waals surface area contributed by atoms with Crippen LogP contribution in [0.3, 0.4) is 0 Å². The number of nitrogens with zero attached hydrogens (tertiary/aromatic N) is 3. The third-order valence-corrected chi connectivity index (χ3v) is 4.77. The number of carbonyl (C=O) groups excluding carboxylic acids is 2. The van der Waals surface area contributed by atoms with Crippen LogP contribution in [0, 0.1) is 17.2 Å². The number of amides is 3. The number of nitrogens with one attached hydrogen (secondary N) is 1. The van der Waals surface area contributed by atoms with Crippen molar-refractivity contribution >= 4 is 17.6 Å². The van der Waals surface area contributed by atoms with Crippen LogP contribution in [0.5, 0.6) is 0 Å². The minimum atomic E-state index is -0.218. The fourth-order valence-electron chi connectivity index (χ4n) is 3.36. The predicted octanol–water partition coefficient (Wildman–Crippen LogP) is 1.91. The first-order chi connectivity index (χ1) is 11.7. The van der Waals surface area contributed by atoms with Crippen LogP contribution in [-0.4, -0.2) is 43.0 Å². The van der Waals surface area contributed by atoms with E-state index >= 15 is 0 Å². The molecule has 0 aromatic heterocycles. The molecule has 0 bridgehead atoms. The number of aryl methyl sites for hydroxylation is 1. The summed E-state index contributed by atoms with van der Waals surface area (Å²) in [6.07, 6.45) is 3.34. The average molecular weight is 326 g/mol. The van der Waals surface area contributed by atoms with Crippen molar-refractivity contribution in [2.75, 3.05) is 31.1 Å². The number of para-hydroxylation sites is 1. The highest BCUT2D eigenvalue weighted by atomic mass is 16.2. The molecule has 2 heterocycles. The molecule has 3 rings (SSSR count). The highest BCUT2D eigenvalue weighted by Gasteiger charge is 2.25. The summed E-state index contributed by atoms with van der Waals surface area (Å²) in [7, 11) is 0. The van der Waals surface area contributed by atoms with Gasteiger partial charge in [0.25, 0.3) is 0 Å². The molecule has 0 atom stereocenters. The van der Waals surface area contributed by atoms with Crippen molar-refractivity contribution in [2.24, 2.45) is 5.92 Å². The van der Waals surface area contributed by atoms with Gasteiger partial charge in [0.1, 0.15) is 0 Å². The molecule has 0 saturated carbocycles. The molecule has 24 heavy (non-hydrogen) atoms. The zero-order valence-electron chi connectivity index (χ0n) is 13.7. The van der Waals surface area contributed by atoms with Crippen LogP contribution in [0.1, 0.15) is 24.8 Å². The third kappa shape index (κ3) is 3.51. The number of piperidine rings is 1. The summed E-state index contributed by atoms with van der Waals surface area (Å²) in [6.45, 7) is 1.85. The fourth-order valence-corrected chi connectivity index (χ4v) is 3.36. The molecule has 2 aliphatic rings. The Labute approximate surface area is 142 Å². The maximum absolute atomic E-state index is 12.5. The molecule has 0 unspecified atom stereocenters. The second-order valence-electron chi connectivity index (χ2n) is 6.33. The first-order valence-corrected chi connectivity index (χ1v) is 8.49. The van der Waals surface area contributed by atoms with Gasteiger partial charge in [0.15, 0.2) is 0 Å². The number of urea groups is 1. The van der Waals surface area contributed by atoms with Crippen molar-refractivity contribution in [1.82, 2.24) is 10.2 Å². The quantitative estimate of drug-likeness (QED) is 0.902. The number of likely N-dealkylation sites (tertiary alicyclic amines) is 1. The Morgan fingerprint density at radius 2 is 1.96 bits per heavy atom. The van der Waals surface area contributed by atoms with Gasteiger partial charge in [-0.2, -0.15) is 5.26 Å². The van der Waals surface area contributed by atoms with Gasteiger partial charge in [-0.3, -0.25) is 4.79 Å². The van der Waals surface area contributed by atoms with Gasteiger partial charge in [0.05, 0.1) is 12.6 Å². The van der Waals surface area contributed by atoms with Crippen LogP contribution < -0.4 is 10.2 Å². The van der Waals surface area contributed by atoms with Crippen LogP contribution in [0.25, 0.3) is 0 Å². The van der Waals surface area contributed by atoms with E-state index in [0.717, 1.165) is 18.5 Å². The van der Waals surface area contributed by atoms with E-state index in [4.69, 9.17) is 5.26 Å². The van der Waals surface area contributed by atoms with E-state index in [-0.39, 0.29) is 24.4 Å². The van der Waals surface area contributed by atoms with E-state index in [2.05, 4.69) is 11.4 Å². The summed E-state index contributed by atoms with van der Waals surface area (Å²) in [5, 5.41) is 11.6. The number of hydrogen-bond acceptors (Lipinski definition) is 3. The van der Waals surface area contributed by atoms with Crippen molar-refractivity contribution in [1.29, 1.82) is 5.26 Å². The second-order valence-corrected chi connectivity index (χ2v) is 6.33. The van der Waals surface area contributed by atoms with Crippen LogP contribution in [0.2, 0.25) is 0 Å². The van der Waals surface area contributed by atoms with Crippen molar-refractivity contribution in [3.8, 4) is 6.07 Å². The van der Waals surface area contributed by atoms with E-state index < -0.39 is 0 Å². The van der Waals surface area contributed by atoms with Gasteiger partial charge in [0.2, 0.25) is 5.91 Å². The van der Waals surface area contributed by atoms with Crippen LogP contribution >= 0.6 is 0 Å². The Morgan fingerprint density at radius 1 is 1.21 bits per heavy atom. The van der Waals surface area contributed by atoms with Gasteiger partial charge in [-0.05, 0) is 37.3 Å². The van der Waals surface area contributed by atoms with Crippen molar-refractivity contribution in [3.63, 3.8) is 0 Å². The molecule has 1 saturated heterocycles. The number of anilines is 1. The smallest absolute Gasteiger partial charge is 0.317 e. The normalized spacial score (nSPS) is 17.8. The molecule has 3 amide bonds. The minimum Gasteiger partial charge on any atom is -0.329 e. The first-order valence-electron chi connectivity index (χ1n) is 8.49. The van der Waals surface area contributed by atoms with Crippen LogP contribution in [0.15, 0.2) is 24.3 Å². The topological polar surface area (TPSA) is 76.4 Å². The highest BCUT2D eigenvalue weighted by Crippen LogP contribution is 2.26. The van der Waals surface area contributed by atoms with E-state index in [9.17, 15) is 9.59 Å². The number of nitriles is 1. The van der Waals surface area contributed by atoms with Gasteiger partial charge in [-0.25, -0.2) is 4.79 Å². The highest BCUT2D eigenvalue weighted by molar-refractivity contribution is 5.97. The lowest BCUT2D eigenvalue weighted by atomic mass is 9.99. The molecule has 1 fully saturated rings. The summed E-state index contributed by atoms with van der Waals surface area (Å²) in [5.74, 6) is -0.0389. The van der Waals surface area contributed by atoms with Crippen molar-refractivity contribution in [3.05, 3.63) is 29.8 Å². The third-order valence-electron chi connectivity index (χ3n) is 4.77. The van der Waals surface area contributed by atoms with Crippen molar-refractivity contribution < 1.29 is 9.59 Å². The van der Waals surface area contributed by atoms with E-state index in [1.54, 1.807) is 9.80 Å². The molecule has 1 N–H and O–H groups in total. The molecule has 0 spiro atoms. The van der Waals surface area contributed by atoms with E-state index in [1.165, 1.54) is 5.56 Å². The predicted molar refractivity (Wildman–Crippen MR) is 90.4 cm³/mol. The summed E-state index contributed by atoms with van der Waals surface area (Å²) >= 11 is 0. The summed E-state index contributed by atoms with van der Waals surface area (Å²) in [5.41, 5.74) is 2.14. The molecule has 0 radical (unpaired) electrons. The van der Waals surface area contributed by atoms with Crippen LogP contribution in [-0.2, 0) is 11.2 Å². The Balaban J connectivity index is 1.53. The number of rotatable bonds is 2. The average Bonchev–Trinajstić information content (AvgIpc) is 2.65. The van der Waals surface area contributed by atoms with Gasteiger partial charge >= 0.3 is 6.03 Å². The molecular formula is C18H22N4O2. The maximum atomic E-state index is 12.5. The molecule has 6 nitrogen and oxygen atoms in total. The molecule has 1 aromatic rings. The first kappa shape index (κ1) is 16.3. The largest absolute Gasteiger partial charge is 0.329 e.